The van der Waals surface area contributed by atoms with E-state index in [1.807, 2.05) is 23.9 Å². The Balaban J connectivity index is 0.00000108. The van der Waals surface area contributed by atoms with Crippen molar-refractivity contribution in [1.29, 1.82) is 0 Å². The minimum Gasteiger partial charge on any atom is -1.00 e. The Labute approximate surface area is 286 Å². The Hall–Kier alpha value is -1.27. The van der Waals surface area contributed by atoms with Gasteiger partial charge in [0, 0.05) is 21.9 Å². The molecule has 0 saturated heterocycles. The van der Waals surface area contributed by atoms with Crippen molar-refractivity contribution in [2.45, 2.75) is 21.9 Å². The van der Waals surface area contributed by atoms with E-state index in [1.54, 1.807) is 0 Å². The maximum absolute atomic E-state index is 3.63. The second-order valence-electron chi connectivity index (χ2n) is 9.97. The first kappa shape index (κ1) is 30.2. The summed E-state index contributed by atoms with van der Waals surface area (Å²) >= 11 is 9.14. The van der Waals surface area contributed by atoms with Gasteiger partial charge in [0.15, 0.2) is 0 Å². The number of hydrogen-bond donors (Lipinski definition) is 0. The molecule has 4 aromatic carbocycles. The smallest absolute Gasteiger partial charge is 1.00 e. The molecule has 4 aromatic rings. The summed E-state index contributed by atoms with van der Waals surface area (Å²) in [6.45, 7) is 0. The molecule has 0 saturated carbocycles. The van der Waals surface area contributed by atoms with Crippen LogP contribution in [0, 0.1) is 12.1 Å². The molecule has 2 aliphatic carbocycles. The van der Waals surface area contributed by atoms with E-state index in [9.17, 15) is 0 Å². The third-order valence-electron chi connectivity index (χ3n) is 8.06. The SMILES string of the molecule is CN1c2cc(Br)c[c-]c2C2=c3cccc(Sc4cccc5c4=C4c6[c-]cc(Br)cc6N(C)C4C=5)c3=CC21.[Cl-].[Cl-].[Zr+4]. The summed E-state index contributed by atoms with van der Waals surface area (Å²) in [5, 5.41) is 5.33. The molecule has 0 radical (unpaired) electrons. The van der Waals surface area contributed by atoms with E-state index < -0.39 is 0 Å². The fourth-order valence-corrected chi connectivity index (χ4v) is 8.20. The van der Waals surface area contributed by atoms with Crippen LogP contribution in [0.4, 0.5) is 11.4 Å². The van der Waals surface area contributed by atoms with Crippen LogP contribution in [0.2, 0.25) is 0 Å². The number of halogens is 4. The molecule has 0 aromatic heterocycles. The van der Waals surface area contributed by atoms with Crippen molar-refractivity contribution in [2.75, 3.05) is 23.9 Å². The summed E-state index contributed by atoms with van der Waals surface area (Å²) in [5.74, 6) is 0. The summed E-state index contributed by atoms with van der Waals surface area (Å²) in [6.07, 6.45) is 4.84. The van der Waals surface area contributed by atoms with E-state index in [1.165, 1.54) is 64.3 Å². The normalized spacial score (nSPS) is 18.2. The van der Waals surface area contributed by atoms with Crippen LogP contribution in [0.15, 0.2) is 79.4 Å². The average molecular weight is 787 g/mol. The van der Waals surface area contributed by atoms with E-state index in [-0.39, 0.29) is 63.1 Å². The third-order valence-corrected chi connectivity index (χ3v) is 10.1. The Kier molecular flexibility index (Phi) is 8.38. The molecule has 0 spiro atoms. The Morgan fingerprint density at radius 2 is 1.32 bits per heavy atom. The Morgan fingerprint density at radius 3 is 2.00 bits per heavy atom. The Morgan fingerprint density at radius 1 is 0.750 bits per heavy atom. The largest absolute Gasteiger partial charge is 4.00 e. The predicted molar refractivity (Wildman–Crippen MR) is 160 cm³/mol. The topological polar surface area (TPSA) is 6.48 Å². The van der Waals surface area contributed by atoms with Crippen LogP contribution in [0.5, 0.6) is 0 Å². The summed E-state index contributed by atoms with van der Waals surface area (Å²) < 4.78 is 2.13. The van der Waals surface area contributed by atoms with Crippen molar-refractivity contribution in [3.05, 3.63) is 114 Å². The molecule has 8 heteroatoms. The number of benzene rings is 4. The molecule has 4 aliphatic rings. The van der Waals surface area contributed by atoms with Crippen molar-refractivity contribution in [3.8, 4) is 0 Å². The summed E-state index contributed by atoms with van der Waals surface area (Å²) in [4.78, 5) is 7.34. The number of fused-ring (bicyclic) bond motifs is 8. The van der Waals surface area contributed by atoms with Crippen LogP contribution in [0.3, 0.4) is 0 Å². The number of anilines is 2. The molecule has 2 aliphatic heterocycles. The van der Waals surface area contributed by atoms with E-state index in [0.717, 1.165) is 8.95 Å². The molecule has 2 atom stereocenters. The van der Waals surface area contributed by atoms with Gasteiger partial charge in [-0.15, -0.1) is 79.4 Å². The molecule has 40 heavy (non-hydrogen) atoms. The van der Waals surface area contributed by atoms with Gasteiger partial charge < -0.3 is 34.6 Å². The second kappa shape index (κ2) is 11.1. The maximum Gasteiger partial charge on any atom is 4.00 e. The van der Waals surface area contributed by atoms with Gasteiger partial charge in [0.05, 0.1) is 0 Å². The van der Waals surface area contributed by atoms with Crippen molar-refractivity contribution >= 4 is 78.3 Å². The van der Waals surface area contributed by atoms with Gasteiger partial charge in [0.25, 0.3) is 0 Å². The van der Waals surface area contributed by atoms with Crippen LogP contribution in [-0.2, 0) is 26.2 Å². The van der Waals surface area contributed by atoms with Crippen LogP contribution < -0.4 is 55.5 Å². The first-order valence-electron chi connectivity index (χ1n) is 12.3. The first-order chi connectivity index (χ1) is 18.0. The predicted octanol–water partition coefficient (Wildman–Crippen LogP) is -1.41. The molecule has 2 nitrogen and oxygen atoms in total. The fraction of sp³-hybridized carbons (Fsp3) is 0.125. The van der Waals surface area contributed by atoms with Gasteiger partial charge >= 0.3 is 26.2 Å². The van der Waals surface area contributed by atoms with Crippen molar-refractivity contribution < 1.29 is 51.0 Å². The zero-order valence-electron chi connectivity index (χ0n) is 21.4. The van der Waals surface area contributed by atoms with Gasteiger partial charge in [0.1, 0.15) is 0 Å². The number of rotatable bonds is 2. The van der Waals surface area contributed by atoms with Crippen molar-refractivity contribution in [1.82, 2.24) is 0 Å². The standard InChI is InChI=1S/C32H20Br2N2S.2ClH.Zr/c1-35-25-15-19(34)10-12-22(25)32-26(35)13-17-5-3-8-29(30(17)32)37-28-7-4-6-20-23(28)16-27-31(20)21-11-9-18(33)14-24(21)36(27)2;;;/h3-10,13-16,26-27H,1-2H3;2*1H;/q-2;;;+4/p-2. The molecule has 8 rings (SSSR count). The van der Waals surface area contributed by atoms with E-state index in [4.69, 9.17) is 0 Å². The molecule has 196 valence electrons. The van der Waals surface area contributed by atoms with Gasteiger partial charge in [0.2, 0.25) is 0 Å². The molecule has 2 unspecified atom stereocenters. The summed E-state index contributed by atoms with van der Waals surface area (Å²) in [5.41, 5.74) is 7.65. The third kappa shape index (κ3) is 4.28. The quantitative estimate of drug-likeness (QED) is 0.231. The molecule has 0 fully saturated rings. The van der Waals surface area contributed by atoms with Gasteiger partial charge in [-0.1, -0.05) is 73.5 Å². The average Bonchev–Trinajstić information content (AvgIpc) is 3.60. The van der Waals surface area contributed by atoms with Gasteiger partial charge in [-0.05, 0) is 53.3 Å². The zero-order chi connectivity index (χ0) is 25.0. The van der Waals surface area contributed by atoms with E-state index >= 15 is 0 Å². The van der Waals surface area contributed by atoms with Crippen molar-refractivity contribution in [2.24, 2.45) is 0 Å². The molecular formula is C32H20Br2Cl2N2SZr. The van der Waals surface area contributed by atoms with Crippen molar-refractivity contribution in [3.63, 3.8) is 0 Å². The molecule has 0 bridgehead atoms. The molecule has 0 N–H and O–H groups in total. The Bertz CT molecular complexity index is 1960. The molecule has 2 heterocycles. The van der Waals surface area contributed by atoms with Gasteiger partial charge in [-0.2, -0.15) is 0 Å². The van der Waals surface area contributed by atoms with Crippen LogP contribution >= 0.6 is 43.6 Å². The van der Waals surface area contributed by atoms with E-state index in [0.29, 0.717) is 0 Å². The van der Waals surface area contributed by atoms with E-state index in [2.05, 4.69) is 129 Å². The van der Waals surface area contributed by atoms with Crippen LogP contribution in [0.25, 0.3) is 23.3 Å². The summed E-state index contributed by atoms with van der Waals surface area (Å²) in [6, 6.07) is 29.5. The number of hydrogen-bond acceptors (Lipinski definition) is 3. The molecule has 0 amide bonds. The number of nitrogens with zero attached hydrogens (tertiary/aromatic N) is 2. The van der Waals surface area contributed by atoms with Crippen LogP contribution in [0.1, 0.15) is 11.1 Å². The first-order valence-corrected chi connectivity index (χ1v) is 14.7. The second-order valence-corrected chi connectivity index (χ2v) is 12.9. The van der Waals surface area contributed by atoms with Crippen LogP contribution in [-0.4, -0.2) is 26.2 Å². The fourth-order valence-electron chi connectivity index (χ4n) is 6.39. The minimum atomic E-state index is 0. The van der Waals surface area contributed by atoms with Gasteiger partial charge in [-0.3, -0.25) is 0 Å². The van der Waals surface area contributed by atoms with Gasteiger partial charge in [-0.25, -0.2) is 0 Å². The molecular weight excluding hydrogens is 766 g/mol. The maximum atomic E-state index is 3.63. The zero-order valence-corrected chi connectivity index (χ0v) is 29.4. The number of likely N-dealkylation sites (N-methyl/N-ethyl adjacent to an activating group) is 2. The monoisotopic (exact) mass is 782 g/mol. The minimum absolute atomic E-state index is 0. The summed E-state index contributed by atoms with van der Waals surface area (Å²) in [7, 11) is 4.37.